The molecule has 0 bridgehead atoms. The third kappa shape index (κ3) is 2.25. The Morgan fingerprint density at radius 3 is 3.00 bits per heavy atom. The predicted octanol–water partition coefficient (Wildman–Crippen LogP) is 1.16. The number of aromatic nitrogens is 1. The number of aryl methyl sites for hydroxylation is 1. The normalized spacial score (nSPS) is 20.2. The maximum atomic E-state index is 12.1. The number of nitrogens with one attached hydrogen (secondary N) is 1. The summed E-state index contributed by atoms with van der Waals surface area (Å²) in [6.07, 6.45) is 0. The van der Waals surface area contributed by atoms with Gasteiger partial charge in [0.25, 0.3) is 0 Å². The van der Waals surface area contributed by atoms with Gasteiger partial charge in [0.05, 0.1) is 22.8 Å². The van der Waals surface area contributed by atoms with Gasteiger partial charge in [0, 0.05) is 18.5 Å². The molecule has 1 fully saturated rings. The van der Waals surface area contributed by atoms with Crippen molar-refractivity contribution in [1.82, 2.24) is 15.2 Å². The number of carbonyl (C=O) groups excluding carboxylic acids is 1. The molecule has 0 aromatic carbocycles. The Morgan fingerprint density at radius 2 is 2.38 bits per heavy atom. The highest BCUT2D eigenvalue weighted by atomic mass is 32.1. The van der Waals surface area contributed by atoms with Crippen LogP contribution in [0.5, 0.6) is 0 Å². The lowest BCUT2D eigenvalue weighted by atomic mass is 10.0. The summed E-state index contributed by atoms with van der Waals surface area (Å²) < 4.78 is 0. The van der Waals surface area contributed by atoms with Crippen molar-refractivity contribution >= 4 is 17.2 Å². The van der Waals surface area contributed by atoms with Gasteiger partial charge < -0.3 is 10.2 Å². The molecular weight excluding hydrogens is 222 g/mol. The van der Waals surface area contributed by atoms with Gasteiger partial charge >= 0.3 is 0 Å². The summed E-state index contributed by atoms with van der Waals surface area (Å²) in [5, 5.41) is 6.30. The minimum Gasteiger partial charge on any atom is -0.334 e. The van der Waals surface area contributed by atoms with E-state index in [2.05, 4.69) is 10.3 Å². The van der Waals surface area contributed by atoms with E-state index in [1.165, 1.54) is 0 Å². The van der Waals surface area contributed by atoms with E-state index in [0.29, 0.717) is 6.54 Å². The van der Waals surface area contributed by atoms with Crippen LogP contribution in [0, 0.1) is 6.92 Å². The zero-order valence-corrected chi connectivity index (χ0v) is 10.7. The monoisotopic (exact) mass is 239 g/mol. The number of rotatable bonds is 2. The first-order valence-corrected chi connectivity index (χ1v) is 6.32. The lowest BCUT2D eigenvalue weighted by Gasteiger charge is -2.37. The first kappa shape index (κ1) is 11.5. The van der Waals surface area contributed by atoms with Crippen LogP contribution in [0.2, 0.25) is 0 Å². The minimum atomic E-state index is -0.441. The van der Waals surface area contributed by atoms with Crippen LogP contribution < -0.4 is 5.32 Å². The van der Waals surface area contributed by atoms with Gasteiger partial charge in [-0.1, -0.05) is 0 Å². The largest absolute Gasteiger partial charge is 0.334 e. The molecule has 1 aliphatic rings. The van der Waals surface area contributed by atoms with E-state index in [-0.39, 0.29) is 5.91 Å². The standard InChI is InChI=1S/C11H17N3OS/c1-8-13-9(7-16-8)6-14-5-4-12-11(2,3)10(14)15/h7,12H,4-6H2,1-3H3. The molecule has 1 N–H and O–H groups in total. The highest BCUT2D eigenvalue weighted by molar-refractivity contribution is 7.09. The van der Waals surface area contributed by atoms with Crippen LogP contribution in [0.15, 0.2) is 5.38 Å². The lowest BCUT2D eigenvalue weighted by Crippen LogP contribution is -2.60. The number of amides is 1. The zero-order chi connectivity index (χ0) is 11.8. The van der Waals surface area contributed by atoms with Crippen molar-refractivity contribution in [3.63, 3.8) is 0 Å². The predicted molar refractivity (Wildman–Crippen MR) is 64.3 cm³/mol. The molecule has 1 aromatic heterocycles. The van der Waals surface area contributed by atoms with Crippen molar-refractivity contribution in [2.45, 2.75) is 32.9 Å². The average Bonchev–Trinajstić information content (AvgIpc) is 2.59. The van der Waals surface area contributed by atoms with Crippen molar-refractivity contribution in [2.24, 2.45) is 0 Å². The van der Waals surface area contributed by atoms with Crippen molar-refractivity contribution < 1.29 is 4.79 Å². The van der Waals surface area contributed by atoms with E-state index in [1.807, 2.05) is 31.1 Å². The molecule has 1 amide bonds. The van der Waals surface area contributed by atoms with Crippen molar-refractivity contribution in [3.05, 3.63) is 16.1 Å². The fraction of sp³-hybridized carbons (Fsp3) is 0.636. The van der Waals surface area contributed by atoms with E-state index in [4.69, 9.17) is 0 Å². The molecule has 0 aliphatic carbocycles. The number of hydrogen-bond donors (Lipinski definition) is 1. The van der Waals surface area contributed by atoms with Gasteiger partial charge in [-0.2, -0.15) is 0 Å². The Kier molecular flexibility index (Phi) is 2.99. The van der Waals surface area contributed by atoms with Crippen LogP contribution >= 0.6 is 11.3 Å². The van der Waals surface area contributed by atoms with Crippen LogP contribution in [0.25, 0.3) is 0 Å². The molecule has 0 saturated carbocycles. The minimum absolute atomic E-state index is 0.157. The Morgan fingerprint density at radius 1 is 1.62 bits per heavy atom. The van der Waals surface area contributed by atoms with Crippen LogP contribution in [0.1, 0.15) is 24.5 Å². The van der Waals surface area contributed by atoms with E-state index in [1.54, 1.807) is 11.3 Å². The SMILES string of the molecule is Cc1nc(CN2CCNC(C)(C)C2=O)cs1. The maximum absolute atomic E-state index is 12.1. The van der Waals surface area contributed by atoms with Gasteiger partial charge in [0.1, 0.15) is 0 Å². The van der Waals surface area contributed by atoms with Gasteiger partial charge in [0.2, 0.25) is 5.91 Å². The summed E-state index contributed by atoms with van der Waals surface area (Å²) in [6, 6.07) is 0. The highest BCUT2D eigenvalue weighted by Crippen LogP contribution is 2.16. The van der Waals surface area contributed by atoms with Crippen LogP contribution in [0.3, 0.4) is 0 Å². The van der Waals surface area contributed by atoms with Crippen molar-refractivity contribution in [2.75, 3.05) is 13.1 Å². The summed E-state index contributed by atoms with van der Waals surface area (Å²) in [6.45, 7) is 8.08. The molecule has 2 rings (SSSR count). The third-order valence-electron chi connectivity index (χ3n) is 2.79. The van der Waals surface area contributed by atoms with Gasteiger partial charge in [0.15, 0.2) is 0 Å². The molecule has 1 aliphatic heterocycles. The lowest BCUT2D eigenvalue weighted by molar-refractivity contribution is -0.140. The summed E-state index contributed by atoms with van der Waals surface area (Å²) in [5.74, 6) is 0.157. The third-order valence-corrected chi connectivity index (χ3v) is 3.61. The summed E-state index contributed by atoms with van der Waals surface area (Å²) in [5.41, 5.74) is 0.553. The molecule has 0 atom stereocenters. The fourth-order valence-electron chi connectivity index (χ4n) is 1.90. The molecule has 88 valence electrons. The zero-order valence-electron chi connectivity index (χ0n) is 9.91. The summed E-state index contributed by atoms with van der Waals surface area (Å²) >= 11 is 1.63. The molecule has 16 heavy (non-hydrogen) atoms. The highest BCUT2D eigenvalue weighted by Gasteiger charge is 2.35. The van der Waals surface area contributed by atoms with E-state index in [0.717, 1.165) is 23.8 Å². The van der Waals surface area contributed by atoms with E-state index >= 15 is 0 Å². The van der Waals surface area contributed by atoms with Gasteiger partial charge in [-0.15, -0.1) is 11.3 Å². The Labute approximate surface area is 99.7 Å². The van der Waals surface area contributed by atoms with Crippen LogP contribution in [0.4, 0.5) is 0 Å². The van der Waals surface area contributed by atoms with Crippen molar-refractivity contribution in [3.8, 4) is 0 Å². The Bertz CT molecular complexity index is 400. The summed E-state index contributed by atoms with van der Waals surface area (Å²) in [7, 11) is 0. The smallest absolute Gasteiger partial charge is 0.242 e. The molecule has 0 radical (unpaired) electrons. The fourth-order valence-corrected chi connectivity index (χ4v) is 2.51. The summed E-state index contributed by atoms with van der Waals surface area (Å²) in [4.78, 5) is 18.4. The second kappa shape index (κ2) is 4.14. The number of carbonyl (C=O) groups is 1. The van der Waals surface area contributed by atoms with Gasteiger partial charge in [-0.05, 0) is 20.8 Å². The first-order valence-electron chi connectivity index (χ1n) is 5.44. The van der Waals surface area contributed by atoms with Crippen molar-refractivity contribution in [1.29, 1.82) is 0 Å². The first-order chi connectivity index (χ1) is 7.49. The van der Waals surface area contributed by atoms with E-state index in [9.17, 15) is 4.79 Å². The molecule has 0 unspecified atom stereocenters. The topological polar surface area (TPSA) is 45.2 Å². The van der Waals surface area contributed by atoms with Gasteiger partial charge in [-0.3, -0.25) is 4.79 Å². The van der Waals surface area contributed by atoms with Gasteiger partial charge in [-0.25, -0.2) is 4.98 Å². The average molecular weight is 239 g/mol. The van der Waals surface area contributed by atoms with E-state index < -0.39 is 5.54 Å². The molecule has 4 nitrogen and oxygen atoms in total. The van der Waals surface area contributed by atoms with Crippen LogP contribution in [-0.2, 0) is 11.3 Å². The molecule has 2 heterocycles. The second-order valence-corrected chi connectivity index (χ2v) is 5.70. The number of thiazole rings is 1. The molecule has 5 heteroatoms. The Balaban J connectivity index is 2.07. The molecule has 0 spiro atoms. The maximum Gasteiger partial charge on any atom is 0.242 e. The molecule has 1 saturated heterocycles. The number of piperazine rings is 1. The number of nitrogens with zero attached hydrogens (tertiary/aromatic N) is 2. The Hall–Kier alpha value is -0.940. The molecular formula is C11H17N3OS. The number of hydrogen-bond acceptors (Lipinski definition) is 4. The quantitative estimate of drug-likeness (QED) is 0.842. The van der Waals surface area contributed by atoms with Crippen LogP contribution in [-0.4, -0.2) is 34.4 Å². The second-order valence-electron chi connectivity index (χ2n) is 4.64. The molecule has 1 aromatic rings.